The Morgan fingerprint density at radius 3 is 1.43 bits per heavy atom. The zero-order valence-electron chi connectivity index (χ0n) is 45.0. The van der Waals surface area contributed by atoms with Crippen LogP contribution in [0.1, 0.15) is 117 Å². The molecule has 420 valence electrons. The SMILES string of the molecule is CC(=O)c1ccc(CC(=O)C2c3c(n[nH]c3C)CCN2C(=O)/C=C/c2c(-n3cnnn3)ccc(Cl)c2F)cc1.Cc1[nH]nc2c1C(C(=O)Cc1ccc(C(=O)OC(C)(C)C)cc1)N(C(=O)/C=C/c1c(-n3cnnn3)ccc(Cl)c1F)CC2. The predicted molar refractivity (Wildman–Crippen MR) is 295 cm³/mol. The number of esters is 1. The molecule has 0 fully saturated rings. The Kier molecular flexibility index (Phi) is 17.0. The van der Waals surface area contributed by atoms with Crippen LogP contribution in [0.25, 0.3) is 23.5 Å². The average Bonchev–Trinajstić information content (AvgIpc) is 4.37. The van der Waals surface area contributed by atoms with Gasteiger partial charge in [0.2, 0.25) is 11.8 Å². The molecule has 2 unspecified atom stereocenters. The van der Waals surface area contributed by atoms with Crippen molar-refractivity contribution in [3.63, 3.8) is 0 Å². The highest BCUT2D eigenvalue weighted by atomic mass is 35.5. The van der Waals surface area contributed by atoms with Gasteiger partial charge in [-0.2, -0.15) is 19.6 Å². The maximum absolute atomic E-state index is 15.1. The molecule has 82 heavy (non-hydrogen) atoms. The van der Waals surface area contributed by atoms with Gasteiger partial charge in [-0.15, -0.1) is 10.2 Å². The summed E-state index contributed by atoms with van der Waals surface area (Å²) in [6.07, 6.45) is 8.57. The van der Waals surface area contributed by atoms with E-state index < -0.39 is 47.1 Å². The van der Waals surface area contributed by atoms with Crippen LogP contribution >= 0.6 is 23.2 Å². The number of carbonyl (C=O) groups excluding carboxylic acids is 6. The van der Waals surface area contributed by atoms with Crippen molar-refractivity contribution in [3.05, 3.63) is 187 Å². The van der Waals surface area contributed by atoms with Crippen molar-refractivity contribution < 1.29 is 42.3 Å². The minimum atomic E-state index is -0.923. The fraction of sp³-hybridized carbons (Fsp3) is 0.263. The second-order valence-electron chi connectivity index (χ2n) is 20.3. The van der Waals surface area contributed by atoms with E-state index in [1.807, 2.05) is 0 Å². The van der Waals surface area contributed by atoms with Gasteiger partial charge in [-0.1, -0.05) is 59.6 Å². The lowest BCUT2D eigenvalue weighted by Crippen LogP contribution is -2.43. The monoisotopic (exact) mass is 1150 g/mol. The van der Waals surface area contributed by atoms with Crippen molar-refractivity contribution >= 4 is 70.5 Å². The molecule has 8 aromatic rings. The number of ketones is 3. The Hall–Kier alpha value is -9.22. The first-order valence-electron chi connectivity index (χ1n) is 25.6. The highest BCUT2D eigenvalue weighted by molar-refractivity contribution is 6.31. The van der Waals surface area contributed by atoms with Crippen LogP contribution in [0.4, 0.5) is 8.78 Å². The van der Waals surface area contributed by atoms with Gasteiger partial charge in [-0.05, 0) is 122 Å². The number of benzene rings is 4. The van der Waals surface area contributed by atoms with E-state index in [1.54, 1.807) is 83.1 Å². The van der Waals surface area contributed by atoms with Crippen LogP contribution in [0.15, 0.2) is 97.6 Å². The molecule has 2 atom stereocenters. The van der Waals surface area contributed by atoms with Crippen molar-refractivity contribution in [2.45, 2.75) is 84.9 Å². The quantitative estimate of drug-likeness (QED) is 0.0593. The average molecular weight is 1150 g/mol. The van der Waals surface area contributed by atoms with Crippen LogP contribution in [-0.4, -0.2) is 124 Å². The van der Waals surface area contributed by atoms with E-state index in [9.17, 15) is 28.8 Å². The lowest BCUT2D eigenvalue weighted by molar-refractivity contribution is -0.136. The van der Waals surface area contributed by atoms with Gasteiger partial charge in [0, 0.05) is 90.1 Å². The second-order valence-corrected chi connectivity index (χ2v) is 21.1. The number of fused-ring (bicyclic) bond motifs is 2. The van der Waals surface area contributed by atoms with Crippen molar-refractivity contribution in [1.82, 2.24) is 70.6 Å². The summed E-state index contributed by atoms with van der Waals surface area (Å²) in [5, 5.41) is 36.2. The number of amides is 2. The molecule has 4 aromatic heterocycles. The van der Waals surface area contributed by atoms with Crippen molar-refractivity contribution in [2.75, 3.05) is 13.1 Å². The number of aromatic nitrogens is 12. The number of tetrazole rings is 2. The zero-order valence-corrected chi connectivity index (χ0v) is 46.5. The zero-order chi connectivity index (χ0) is 58.6. The van der Waals surface area contributed by atoms with Crippen molar-refractivity contribution in [2.24, 2.45) is 0 Å². The van der Waals surface area contributed by atoms with Crippen LogP contribution in [-0.2, 0) is 49.6 Å². The van der Waals surface area contributed by atoms with E-state index in [0.717, 1.165) is 5.69 Å². The summed E-state index contributed by atoms with van der Waals surface area (Å²) < 4.78 is 38.0. The van der Waals surface area contributed by atoms with Gasteiger partial charge >= 0.3 is 5.97 Å². The summed E-state index contributed by atoms with van der Waals surface area (Å²) in [7, 11) is 0. The number of rotatable bonds is 14. The first kappa shape index (κ1) is 57.5. The van der Waals surface area contributed by atoms with Gasteiger partial charge in [-0.3, -0.25) is 34.2 Å². The van der Waals surface area contributed by atoms with E-state index in [-0.39, 0.29) is 70.1 Å². The van der Waals surface area contributed by atoms with E-state index in [4.69, 9.17) is 27.9 Å². The third-order valence-corrected chi connectivity index (χ3v) is 14.2. The first-order chi connectivity index (χ1) is 39.2. The topological polar surface area (TPSA) is 263 Å². The Labute approximate surface area is 477 Å². The summed E-state index contributed by atoms with van der Waals surface area (Å²) in [6, 6.07) is 17.4. The second kappa shape index (κ2) is 24.2. The standard InChI is InChI=1S/C30H29ClFN7O4.C27H23ClFN7O3/c1-17-26-22(35-34-17)13-14-38(25(41)12-9-20-23(39-16-33-36-37-39)11-10-21(31)27(20)32)28(26)24(40)15-18-5-7-19(8-6-18)29(42)43-30(2,3)4;1-15-25-21(32-31-15)11-12-35(27(25)23(38)13-17-3-5-18(6-4-17)16(2)37)24(39)10-7-19-22(36-14-30-33-34-36)9-8-20(28)26(19)29/h5-12,16,28H,13-15H2,1-4H3,(H,34,35);3-10,14,27H,11-13H2,1-2H3,(H,31,32)/b12-9+;10-7+. The molecule has 4 aromatic carbocycles. The maximum Gasteiger partial charge on any atom is 0.338 e. The molecule has 25 heteroatoms. The number of Topliss-reactive ketones (excluding diaryl/α,β-unsaturated/α-hetero) is 3. The normalized spacial score (nSPS) is 15.0. The smallest absolute Gasteiger partial charge is 0.338 e. The van der Waals surface area contributed by atoms with Gasteiger partial charge in [0.05, 0.1) is 38.4 Å². The molecule has 0 saturated carbocycles. The highest BCUT2D eigenvalue weighted by Gasteiger charge is 2.39. The molecule has 0 bridgehead atoms. The van der Waals surface area contributed by atoms with Gasteiger partial charge in [0.15, 0.2) is 29.0 Å². The van der Waals surface area contributed by atoms with E-state index in [0.29, 0.717) is 69.0 Å². The summed E-state index contributed by atoms with van der Waals surface area (Å²) in [5.41, 5.74) is 6.40. The number of hydrogen-bond donors (Lipinski definition) is 2. The number of hydrogen-bond acceptors (Lipinski definition) is 15. The summed E-state index contributed by atoms with van der Waals surface area (Å²) in [4.78, 5) is 81.6. The Bertz CT molecular complexity index is 3800. The summed E-state index contributed by atoms with van der Waals surface area (Å²) in [6.45, 7) is 10.9. The minimum absolute atomic E-state index is 0.00316. The third kappa shape index (κ3) is 12.5. The Morgan fingerprint density at radius 2 is 1.05 bits per heavy atom. The molecule has 2 amide bonds. The van der Waals surface area contributed by atoms with E-state index in [1.165, 1.54) is 87.3 Å². The molecule has 0 saturated heterocycles. The molecule has 0 spiro atoms. The lowest BCUT2D eigenvalue weighted by atomic mass is 9.90. The molecule has 21 nitrogen and oxygen atoms in total. The maximum atomic E-state index is 15.1. The molecular formula is C57H52Cl2F2N14O7. The first-order valence-corrected chi connectivity index (χ1v) is 26.4. The lowest BCUT2D eigenvalue weighted by Gasteiger charge is -2.34. The molecule has 10 rings (SSSR count). The van der Waals surface area contributed by atoms with E-state index >= 15 is 8.78 Å². The highest BCUT2D eigenvalue weighted by Crippen LogP contribution is 2.36. The third-order valence-electron chi connectivity index (χ3n) is 13.6. The molecule has 0 radical (unpaired) electrons. The molecule has 2 aliphatic rings. The summed E-state index contributed by atoms with van der Waals surface area (Å²) >= 11 is 12.0. The van der Waals surface area contributed by atoms with Crippen LogP contribution in [0.3, 0.4) is 0 Å². The number of aromatic amines is 2. The Balaban J connectivity index is 0.000000198. The predicted octanol–water partition coefficient (Wildman–Crippen LogP) is 8.03. The molecular weight excluding hydrogens is 1100 g/mol. The van der Waals surface area contributed by atoms with Gasteiger partial charge in [0.25, 0.3) is 0 Å². The largest absolute Gasteiger partial charge is 0.456 e. The molecule has 6 heterocycles. The van der Waals surface area contributed by atoms with Gasteiger partial charge in [0.1, 0.15) is 30.3 Å². The fourth-order valence-corrected chi connectivity index (χ4v) is 10.0. The Morgan fingerprint density at radius 1 is 0.634 bits per heavy atom. The van der Waals surface area contributed by atoms with Crippen LogP contribution in [0.2, 0.25) is 10.0 Å². The number of halogens is 4. The number of ether oxygens (including phenoxy) is 1. The minimum Gasteiger partial charge on any atom is -0.456 e. The number of carbonyl (C=O) groups is 6. The van der Waals surface area contributed by atoms with Crippen molar-refractivity contribution in [1.29, 1.82) is 0 Å². The van der Waals surface area contributed by atoms with Crippen LogP contribution in [0, 0.1) is 25.5 Å². The van der Waals surface area contributed by atoms with Crippen LogP contribution < -0.4 is 0 Å². The number of nitrogens with one attached hydrogen (secondary N) is 2. The molecule has 2 N–H and O–H groups in total. The van der Waals surface area contributed by atoms with Gasteiger partial charge < -0.3 is 14.5 Å². The number of H-pyrrole nitrogens is 2. The molecule has 0 aliphatic carbocycles. The number of aryl methyl sites for hydroxylation is 2. The fourth-order valence-electron chi connectivity index (χ4n) is 9.67. The number of nitrogens with zero attached hydrogens (tertiary/aromatic N) is 12. The van der Waals surface area contributed by atoms with Crippen LogP contribution in [0.5, 0.6) is 0 Å². The van der Waals surface area contributed by atoms with Gasteiger partial charge in [-0.25, -0.2) is 13.6 Å². The van der Waals surface area contributed by atoms with E-state index in [2.05, 4.69) is 51.4 Å². The summed E-state index contributed by atoms with van der Waals surface area (Å²) in [5.74, 6) is -3.42. The van der Waals surface area contributed by atoms with Crippen molar-refractivity contribution in [3.8, 4) is 11.4 Å². The molecule has 2 aliphatic heterocycles.